The van der Waals surface area contributed by atoms with Gasteiger partial charge in [-0.15, -0.1) is 12.8 Å². The monoisotopic (exact) mass is 424 g/mol. The van der Waals surface area contributed by atoms with Crippen LogP contribution in [-0.4, -0.2) is 48.6 Å². The Hall–Kier alpha value is -3.02. The second-order valence-electron chi connectivity index (χ2n) is 6.95. The zero-order valence-electron chi connectivity index (χ0n) is 16.6. The Kier molecular flexibility index (Phi) is 7.86. The van der Waals surface area contributed by atoms with Gasteiger partial charge in [-0.25, -0.2) is 9.37 Å². The second kappa shape index (κ2) is 10.1. The molecule has 2 N–H and O–H groups in total. The maximum atomic E-state index is 14.3. The molecule has 2 aliphatic rings. The van der Waals surface area contributed by atoms with Gasteiger partial charge in [0, 0.05) is 31.3 Å². The smallest absolute Gasteiger partial charge is 0.384 e. The summed E-state index contributed by atoms with van der Waals surface area (Å²) in [5, 5.41) is 5.69. The Labute approximate surface area is 173 Å². The minimum Gasteiger partial charge on any atom is -0.384 e. The largest absolute Gasteiger partial charge is 0.406 e. The lowest BCUT2D eigenvalue weighted by Crippen LogP contribution is -2.42. The van der Waals surface area contributed by atoms with Gasteiger partial charge in [-0.05, 0) is 25.2 Å². The number of carbonyl (C=O) groups excluding carboxylic acids is 1. The zero-order valence-corrected chi connectivity index (χ0v) is 16.6. The summed E-state index contributed by atoms with van der Waals surface area (Å²) in [5.41, 5.74) is 0.928. The number of terminal acetylenes is 1. The summed E-state index contributed by atoms with van der Waals surface area (Å²) in [7, 11) is 1.46. The van der Waals surface area contributed by atoms with Crippen LogP contribution in [0, 0.1) is 24.6 Å². The van der Waals surface area contributed by atoms with Crippen LogP contribution in [0.15, 0.2) is 24.0 Å². The van der Waals surface area contributed by atoms with Crippen molar-refractivity contribution in [3.63, 3.8) is 0 Å². The highest BCUT2D eigenvalue weighted by Crippen LogP contribution is 2.31. The highest BCUT2D eigenvalue weighted by Gasteiger charge is 2.36. The summed E-state index contributed by atoms with van der Waals surface area (Å²) in [6, 6.07) is 0. The van der Waals surface area contributed by atoms with Crippen LogP contribution in [0.1, 0.15) is 24.0 Å². The molecule has 0 bridgehead atoms. The van der Waals surface area contributed by atoms with E-state index in [1.165, 1.54) is 13.1 Å². The molecule has 2 heterocycles. The summed E-state index contributed by atoms with van der Waals surface area (Å²) in [6.07, 6.45) is 11.3. The fourth-order valence-electron chi connectivity index (χ4n) is 3.12. The molecule has 1 aromatic rings. The number of hydrogen-bond donors (Lipinski definition) is 2. The summed E-state index contributed by atoms with van der Waals surface area (Å²) in [6.45, 7) is -0.648. The molecular weight excluding hydrogens is 400 g/mol. The average Bonchev–Trinajstić information content (AvgIpc) is 3.53. The standard InChI is InChI=1S/C19H22F4N4O.C2H2/c1-24-16(18(28)27(10-12-4-5-12)11-19(21,22)23)7-6-13-14-3-2-8-25-17(14)26-9-15(13)20;1-2/h2-3,7,9,12,24H,4-6,8,10-11H2,1H3,(H,25,26);1-2H/b16-7-;. The molecule has 1 aliphatic heterocycles. The molecule has 1 aromatic heterocycles. The van der Waals surface area contributed by atoms with Gasteiger partial charge in [0.25, 0.3) is 5.91 Å². The number of nitrogens with one attached hydrogen (secondary N) is 2. The molecule has 0 spiro atoms. The van der Waals surface area contributed by atoms with E-state index in [1.807, 2.05) is 6.08 Å². The van der Waals surface area contributed by atoms with E-state index in [4.69, 9.17) is 0 Å². The van der Waals surface area contributed by atoms with E-state index >= 15 is 0 Å². The minimum absolute atomic E-state index is 0.0163. The van der Waals surface area contributed by atoms with Gasteiger partial charge in [-0.1, -0.05) is 18.2 Å². The molecule has 9 heteroatoms. The molecule has 3 rings (SSSR count). The van der Waals surface area contributed by atoms with Crippen molar-refractivity contribution < 1.29 is 22.4 Å². The van der Waals surface area contributed by atoms with Gasteiger partial charge in [0.2, 0.25) is 0 Å². The second-order valence-corrected chi connectivity index (χ2v) is 6.95. The van der Waals surface area contributed by atoms with Crippen LogP contribution in [0.5, 0.6) is 0 Å². The number of likely N-dealkylation sites (N-methyl/N-ethyl adjacent to an activating group) is 1. The van der Waals surface area contributed by atoms with E-state index in [1.54, 1.807) is 6.08 Å². The predicted molar refractivity (Wildman–Crippen MR) is 108 cm³/mol. The molecule has 1 saturated carbocycles. The van der Waals surface area contributed by atoms with Gasteiger partial charge < -0.3 is 15.5 Å². The number of anilines is 1. The molecule has 0 atom stereocenters. The molecule has 0 aromatic carbocycles. The lowest BCUT2D eigenvalue weighted by Gasteiger charge is -2.25. The Bertz CT molecular complexity index is 841. The SMILES string of the molecule is C#C.CN/C(=C\Cc1c(F)cnc2c1C=CCN2)C(=O)N(CC1CC1)CC(F)(F)F. The maximum absolute atomic E-state index is 14.3. The molecule has 0 saturated heterocycles. The van der Waals surface area contributed by atoms with Crippen molar-refractivity contribution in [2.45, 2.75) is 25.4 Å². The first-order valence-corrected chi connectivity index (χ1v) is 9.43. The van der Waals surface area contributed by atoms with E-state index < -0.39 is 24.4 Å². The minimum atomic E-state index is -4.48. The Balaban J connectivity index is 0.00000155. The first-order chi connectivity index (χ1) is 14.3. The van der Waals surface area contributed by atoms with Crippen molar-refractivity contribution in [3.05, 3.63) is 41.0 Å². The topological polar surface area (TPSA) is 57.3 Å². The number of alkyl halides is 3. The van der Waals surface area contributed by atoms with Gasteiger partial charge in [0.05, 0.1) is 11.9 Å². The van der Waals surface area contributed by atoms with Crippen LogP contribution >= 0.6 is 0 Å². The van der Waals surface area contributed by atoms with Crippen LogP contribution in [0.4, 0.5) is 23.4 Å². The van der Waals surface area contributed by atoms with Crippen molar-refractivity contribution in [3.8, 4) is 12.8 Å². The Morgan fingerprint density at radius 2 is 2.10 bits per heavy atom. The first kappa shape index (κ1) is 23.3. The molecule has 0 radical (unpaired) electrons. The Morgan fingerprint density at radius 1 is 1.40 bits per heavy atom. The van der Waals surface area contributed by atoms with Gasteiger partial charge in [-0.3, -0.25) is 4.79 Å². The summed E-state index contributed by atoms with van der Waals surface area (Å²) < 4.78 is 53.0. The van der Waals surface area contributed by atoms with Crippen LogP contribution in [0.25, 0.3) is 6.08 Å². The number of nitrogens with zero attached hydrogens (tertiary/aromatic N) is 2. The maximum Gasteiger partial charge on any atom is 0.406 e. The number of rotatable bonds is 7. The number of carbonyl (C=O) groups is 1. The number of pyridine rings is 1. The van der Waals surface area contributed by atoms with Gasteiger partial charge in [0.1, 0.15) is 18.2 Å². The number of aromatic nitrogens is 1. The van der Waals surface area contributed by atoms with Crippen LogP contribution in [-0.2, 0) is 11.2 Å². The molecule has 1 aliphatic carbocycles. The number of hydrogen-bond acceptors (Lipinski definition) is 4. The molecular formula is C21H24F4N4O. The first-order valence-electron chi connectivity index (χ1n) is 9.43. The van der Waals surface area contributed by atoms with Gasteiger partial charge in [0.15, 0.2) is 0 Å². The molecule has 1 fully saturated rings. The third-order valence-corrected chi connectivity index (χ3v) is 4.69. The van der Waals surface area contributed by atoms with E-state index in [9.17, 15) is 22.4 Å². The number of amides is 1. The lowest BCUT2D eigenvalue weighted by molar-refractivity contribution is -0.159. The van der Waals surface area contributed by atoms with E-state index in [2.05, 4.69) is 28.5 Å². The third-order valence-electron chi connectivity index (χ3n) is 4.69. The fourth-order valence-corrected chi connectivity index (χ4v) is 3.12. The van der Waals surface area contributed by atoms with E-state index in [0.717, 1.165) is 23.9 Å². The fraction of sp³-hybridized carbons (Fsp3) is 0.429. The van der Waals surface area contributed by atoms with Crippen molar-refractivity contribution in [2.75, 3.05) is 32.0 Å². The van der Waals surface area contributed by atoms with E-state index in [-0.39, 0.29) is 24.6 Å². The molecule has 30 heavy (non-hydrogen) atoms. The Morgan fingerprint density at radius 3 is 2.70 bits per heavy atom. The molecule has 1 amide bonds. The van der Waals surface area contributed by atoms with Gasteiger partial charge >= 0.3 is 6.18 Å². The highest BCUT2D eigenvalue weighted by molar-refractivity contribution is 5.93. The number of halogens is 4. The van der Waals surface area contributed by atoms with Crippen molar-refractivity contribution in [1.29, 1.82) is 0 Å². The number of fused-ring (bicyclic) bond motifs is 1. The van der Waals surface area contributed by atoms with E-state index in [0.29, 0.717) is 23.5 Å². The normalized spacial score (nSPS) is 15.4. The van der Waals surface area contributed by atoms with Crippen LogP contribution in [0.2, 0.25) is 0 Å². The van der Waals surface area contributed by atoms with Crippen molar-refractivity contribution in [1.82, 2.24) is 15.2 Å². The summed E-state index contributed by atoms with van der Waals surface area (Å²) in [5.74, 6) is -0.609. The zero-order chi connectivity index (χ0) is 22.3. The van der Waals surface area contributed by atoms with Gasteiger partial charge in [-0.2, -0.15) is 13.2 Å². The van der Waals surface area contributed by atoms with Crippen LogP contribution in [0.3, 0.4) is 0 Å². The molecule has 162 valence electrons. The highest BCUT2D eigenvalue weighted by atomic mass is 19.4. The third kappa shape index (κ3) is 6.24. The molecule has 0 unspecified atom stereocenters. The molecule has 5 nitrogen and oxygen atoms in total. The summed E-state index contributed by atoms with van der Waals surface area (Å²) >= 11 is 0. The lowest BCUT2D eigenvalue weighted by atomic mass is 10.0. The quantitative estimate of drug-likeness (QED) is 0.401. The predicted octanol–water partition coefficient (Wildman–Crippen LogP) is 3.36. The van der Waals surface area contributed by atoms with Crippen LogP contribution < -0.4 is 10.6 Å². The summed E-state index contributed by atoms with van der Waals surface area (Å²) in [4.78, 5) is 17.5. The number of allylic oxidation sites excluding steroid dienone is 1. The van der Waals surface area contributed by atoms with Crippen molar-refractivity contribution >= 4 is 17.8 Å². The average molecular weight is 424 g/mol. The van der Waals surface area contributed by atoms with Crippen molar-refractivity contribution in [2.24, 2.45) is 5.92 Å².